The molecule has 17 heavy (non-hydrogen) atoms. The van der Waals surface area contributed by atoms with Crippen LogP contribution in [0.3, 0.4) is 0 Å². The Balaban J connectivity index is 2.66. The van der Waals surface area contributed by atoms with Crippen molar-refractivity contribution in [2.75, 3.05) is 0 Å². The highest BCUT2D eigenvalue weighted by molar-refractivity contribution is 6.35. The molecule has 0 saturated carbocycles. The van der Waals surface area contributed by atoms with Crippen LogP contribution in [0.25, 0.3) is 11.1 Å². The van der Waals surface area contributed by atoms with Crippen LogP contribution in [0.15, 0.2) is 30.5 Å². The van der Waals surface area contributed by atoms with Crippen molar-refractivity contribution in [3.8, 4) is 11.1 Å². The number of pyridine rings is 1. The Kier molecular flexibility index (Phi) is 3.41. The number of halogens is 3. The fourth-order valence-electron chi connectivity index (χ4n) is 1.42. The maximum absolute atomic E-state index is 13.6. The quantitative estimate of drug-likeness (QED) is 0.609. The molecule has 0 aliphatic heterocycles. The van der Waals surface area contributed by atoms with E-state index in [4.69, 9.17) is 23.2 Å². The minimum Gasteiger partial charge on any atom is -0.298 e. The van der Waals surface area contributed by atoms with E-state index in [1.54, 1.807) is 12.1 Å². The Morgan fingerprint density at radius 1 is 1.18 bits per heavy atom. The maximum atomic E-state index is 13.6. The summed E-state index contributed by atoms with van der Waals surface area (Å²) >= 11 is 11.8. The van der Waals surface area contributed by atoms with E-state index in [2.05, 4.69) is 4.98 Å². The van der Waals surface area contributed by atoms with Gasteiger partial charge in [-0.25, -0.2) is 4.98 Å². The van der Waals surface area contributed by atoms with E-state index in [0.717, 1.165) is 6.20 Å². The highest BCUT2D eigenvalue weighted by Crippen LogP contribution is 2.31. The molecule has 1 heterocycles. The molecule has 0 amide bonds. The van der Waals surface area contributed by atoms with Crippen molar-refractivity contribution in [1.82, 2.24) is 4.98 Å². The van der Waals surface area contributed by atoms with Crippen LogP contribution in [0.5, 0.6) is 0 Å². The first kappa shape index (κ1) is 12.0. The molecular formula is C12H6Cl2FNO. The van der Waals surface area contributed by atoms with Crippen LogP contribution in [0, 0.1) is 5.95 Å². The molecule has 0 aliphatic rings. The van der Waals surface area contributed by atoms with Gasteiger partial charge in [0.15, 0.2) is 6.29 Å². The van der Waals surface area contributed by atoms with Crippen LogP contribution in [-0.4, -0.2) is 11.3 Å². The number of hydrogen-bond acceptors (Lipinski definition) is 2. The molecule has 0 spiro atoms. The lowest BCUT2D eigenvalue weighted by molar-refractivity contribution is 0.112. The van der Waals surface area contributed by atoms with E-state index in [1.165, 1.54) is 12.1 Å². The van der Waals surface area contributed by atoms with Gasteiger partial charge < -0.3 is 0 Å². The number of rotatable bonds is 2. The highest BCUT2D eigenvalue weighted by Gasteiger charge is 2.11. The Labute approximate surface area is 107 Å². The standard InChI is InChI=1S/C12H6Cl2FNO/c13-8-1-2-11(14)9(4-8)10-3-7(6-17)5-16-12(10)15/h1-6H. The first-order valence-electron chi connectivity index (χ1n) is 4.68. The average molecular weight is 270 g/mol. The number of aldehydes is 1. The zero-order valence-corrected chi connectivity index (χ0v) is 9.97. The van der Waals surface area contributed by atoms with Gasteiger partial charge in [0.1, 0.15) is 0 Å². The van der Waals surface area contributed by atoms with Gasteiger partial charge in [0.25, 0.3) is 0 Å². The molecule has 0 saturated heterocycles. The predicted octanol–water partition coefficient (Wildman–Crippen LogP) is 4.01. The lowest BCUT2D eigenvalue weighted by atomic mass is 10.1. The number of carbonyl (C=O) groups is 1. The topological polar surface area (TPSA) is 30.0 Å². The summed E-state index contributed by atoms with van der Waals surface area (Å²) in [6, 6.07) is 6.07. The van der Waals surface area contributed by atoms with Crippen molar-refractivity contribution in [2.45, 2.75) is 0 Å². The third-order valence-electron chi connectivity index (χ3n) is 2.21. The van der Waals surface area contributed by atoms with Gasteiger partial charge in [-0.3, -0.25) is 4.79 Å². The lowest BCUT2D eigenvalue weighted by Gasteiger charge is -2.06. The van der Waals surface area contributed by atoms with Crippen LogP contribution in [0.4, 0.5) is 4.39 Å². The molecule has 0 N–H and O–H groups in total. The zero-order valence-electron chi connectivity index (χ0n) is 8.45. The van der Waals surface area contributed by atoms with Crippen LogP contribution in [0.2, 0.25) is 10.0 Å². The van der Waals surface area contributed by atoms with Crippen LogP contribution in [-0.2, 0) is 0 Å². The van der Waals surface area contributed by atoms with Gasteiger partial charge in [-0.2, -0.15) is 4.39 Å². The average Bonchev–Trinajstić information content (AvgIpc) is 2.33. The largest absolute Gasteiger partial charge is 0.298 e. The van der Waals surface area contributed by atoms with Gasteiger partial charge in [-0.15, -0.1) is 0 Å². The second-order valence-electron chi connectivity index (χ2n) is 3.35. The van der Waals surface area contributed by atoms with Crippen LogP contribution >= 0.6 is 23.2 Å². The third kappa shape index (κ3) is 2.46. The van der Waals surface area contributed by atoms with Crippen molar-refractivity contribution in [3.63, 3.8) is 0 Å². The summed E-state index contributed by atoms with van der Waals surface area (Å²) in [4.78, 5) is 14.1. The Morgan fingerprint density at radius 2 is 1.94 bits per heavy atom. The minimum absolute atomic E-state index is 0.155. The van der Waals surface area contributed by atoms with Crippen molar-refractivity contribution >= 4 is 29.5 Å². The smallest absolute Gasteiger partial charge is 0.220 e. The fourth-order valence-corrected chi connectivity index (χ4v) is 1.81. The number of carbonyl (C=O) groups excluding carboxylic acids is 1. The lowest BCUT2D eigenvalue weighted by Crippen LogP contribution is -1.93. The number of aromatic nitrogens is 1. The molecule has 1 aromatic carbocycles. The van der Waals surface area contributed by atoms with Crippen LogP contribution < -0.4 is 0 Å². The molecule has 5 heteroatoms. The van der Waals surface area contributed by atoms with Gasteiger partial charge in [0.2, 0.25) is 5.95 Å². The van der Waals surface area contributed by atoms with E-state index in [-0.39, 0.29) is 11.1 Å². The fraction of sp³-hybridized carbons (Fsp3) is 0. The summed E-state index contributed by atoms with van der Waals surface area (Å²) in [6.45, 7) is 0. The van der Waals surface area contributed by atoms with Crippen molar-refractivity contribution < 1.29 is 9.18 Å². The second kappa shape index (κ2) is 4.82. The third-order valence-corrected chi connectivity index (χ3v) is 2.78. The second-order valence-corrected chi connectivity index (χ2v) is 4.19. The zero-order chi connectivity index (χ0) is 12.4. The van der Waals surface area contributed by atoms with E-state index >= 15 is 0 Å². The Bertz CT molecular complexity index is 587. The first-order chi connectivity index (χ1) is 8.11. The van der Waals surface area contributed by atoms with Gasteiger partial charge in [0.05, 0.1) is 0 Å². The molecule has 2 nitrogen and oxygen atoms in total. The summed E-state index contributed by atoms with van der Waals surface area (Å²) in [5, 5.41) is 0.776. The molecule has 2 aromatic rings. The minimum atomic E-state index is -0.695. The monoisotopic (exact) mass is 269 g/mol. The molecule has 0 radical (unpaired) electrons. The van der Waals surface area contributed by atoms with Gasteiger partial charge in [0, 0.05) is 32.9 Å². The summed E-state index contributed by atoms with van der Waals surface area (Å²) in [6.07, 6.45) is 1.75. The molecule has 0 unspecified atom stereocenters. The number of benzene rings is 1. The van der Waals surface area contributed by atoms with Crippen molar-refractivity contribution in [2.24, 2.45) is 0 Å². The molecule has 86 valence electrons. The first-order valence-corrected chi connectivity index (χ1v) is 5.43. The van der Waals surface area contributed by atoms with Crippen molar-refractivity contribution in [3.05, 3.63) is 52.0 Å². The summed E-state index contributed by atoms with van der Waals surface area (Å²) in [5.74, 6) is -0.695. The number of nitrogens with zero attached hydrogens (tertiary/aromatic N) is 1. The molecular weight excluding hydrogens is 264 g/mol. The molecule has 0 aliphatic carbocycles. The Hall–Kier alpha value is -1.45. The van der Waals surface area contributed by atoms with E-state index in [0.29, 0.717) is 21.9 Å². The molecule has 0 atom stereocenters. The maximum Gasteiger partial charge on any atom is 0.220 e. The van der Waals surface area contributed by atoms with Gasteiger partial charge >= 0.3 is 0 Å². The van der Waals surface area contributed by atoms with E-state index in [9.17, 15) is 9.18 Å². The summed E-state index contributed by atoms with van der Waals surface area (Å²) in [7, 11) is 0. The van der Waals surface area contributed by atoms with Crippen molar-refractivity contribution in [1.29, 1.82) is 0 Å². The Morgan fingerprint density at radius 3 is 2.65 bits per heavy atom. The van der Waals surface area contributed by atoms with Crippen LogP contribution in [0.1, 0.15) is 10.4 Å². The van der Waals surface area contributed by atoms with E-state index in [1.807, 2.05) is 0 Å². The SMILES string of the molecule is O=Cc1cnc(F)c(-c2cc(Cl)ccc2Cl)c1. The highest BCUT2D eigenvalue weighted by atomic mass is 35.5. The van der Waals surface area contributed by atoms with Gasteiger partial charge in [-0.1, -0.05) is 23.2 Å². The molecule has 0 fully saturated rings. The summed E-state index contributed by atoms with van der Waals surface area (Å²) < 4.78 is 13.6. The van der Waals surface area contributed by atoms with Gasteiger partial charge in [-0.05, 0) is 24.3 Å². The predicted molar refractivity (Wildman–Crippen MR) is 65.0 cm³/mol. The molecule has 2 rings (SSSR count). The molecule has 0 bridgehead atoms. The number of hydrogen-bond donors (Lipinski definition) is 0. The summed E-state index contributed by atoms with van der Waals surface area (Å²) in [5.41, 5.74) is 0.840. The normalized spacial score (nSPS) is 10.3. The van der Waals surface area contributed by atoms with E-state index < -0.39 is 5.95 Å². The molecule has 1 aromatic heterocycles.